The third kappa shape index (κ3) is 6.58. The van der Waals surface area contributed by atoms with Gasteiger partial charge in [0, 0.05) is 26.1 Å². The maximum Gasteiger partial charge on any atom is 0.303 e. The fourth-order valence-electron chi connectivity index (χ4n) is 5.26. The summed E-state index contributed by atoms with van der Waals surface area (Å²) in [7, 11) is 0. The first-order valence-corrected chi connectivity index (χ1v) is 13.5. The molecular weight excluding hydrogens is 479 g/mol. The van der Waals surface area contributed by atoms with E-state index in [2.05, 4.69) is 50.8 Å². The molecule has 38 heavy (non-hydrogen) atoms. The topological polar surface area (TPSA) is 61.6 Å². The number of hydrogen-bond donors (Lipinski definition) is 1. The van der Waals surface area contributed by atoms with Gasteiger partial charge in [-0.25, -0.2) is 9.37 Å². The molecule has 0 aliphatic carbocycles. The average molecular weight is 515 g/mol. The highest BCUT2D eigenvalue weighted by Crippen LogP contribution is 2.25. The molecule has 1 saturated heterocycles. The Balaban J connectivity index is 1.20. The SMILES string of the molecule is O=C(O)CCc1ccc(CCN2CCCN(c3nc4ccccc4n3Cc3ccc(F)cc3)CCC2)cc1. The van der Waals surface area contributed by atoms with Crippen LogP contribution in [-0.2, 0) is 24.2 Å². The number of fused-ring (bicyclic) bond motifs is 1. The summed E-state index contributed by atoms with van der Waals surface area (Å²) in [5.74, 6) is 0.0207. The highest BCUT2D eigenvalue weighted by atomic mass is 19.1. The third-order valence-electron chi connectivity index (χ3n) is 7.34. The molecule has 1 aliphatic heterocycles. The molecule has 0 amide bonds. The monoisotopic (exact) mass is 514 g/mol. The van der Waals surface area contributed by atoms with Crippen LogP contribution in [0, 0.1) is 5.82 Å². The van der Waals surface area contributed by atoms with E-state index < -0.39 is 5.97 Å². The highest BCUT2D eigenvalue weighted by Gasteiger charge is 2.20. The maximum atomic E-state index is 13.5. The third-order valence-corrected chi connectivity index (χ3v) is 7.34. The van der Waals surface area contributed by atoms with Gasteiger partial charge in [-0.2, -0.15) is 0 Å². The number of carboxylic acid groups (broad SMARTS) is 1. The maximum absolute atomic E-state index is 13.5. The van der Waals surface area contributed by atoms with Crippen LogP contribution in [0.3, 0.4) is 0 Å². The summed E-state index contributed by atoms with van der Waals surface area (Å²) in [6.45, 7) is 5.67. The van der Waals surface area contributed by atoms with Crippen molar-refractivity contribution in [3.05, 3.63) is 95.3 Å². The van der Waals surface area contributed by atoms with Gasteiger partial charge < -0.3 is 19.5 Å². The molecule has 5 rings (SSSR count). The number of imidazole rings is 1. The van der Waals surface area contributed by atoms with E-state index in [1.54, 1.807) is 0 Å². The van der Waals surface area contributed by atoms with Crippen LogP contribution in [0.4, 0.5) is 10.3 Å². The normalized spacial score (nSPS) is 14.9. The molecule has 0 unspecified atom stereocenters. The molecular formula is C31H35FN4O2. The minimum atomic E-state index is -0.755. The molecule has 0 bridgehead atoms. The molecule has 2 heterocycles. The van der Waals surface area contributed by atoms with Crippen molar-refractivity contribution in [2.45, 2.75) is 38.6 Å². The van der Waals surface area contributed by atoms with Crippen LogP contribution in [0.2, 0.25) is 0 Å². The lowest BCUT2D eigenvalue weighted by molar-refractivity contribution is -0.136. The lowest BCUT2D eigenvalue weighted by Gasteiger charge is -2.31. The number of para-hydroxylation sites is 2. The van der Waals surface area contributed by atoms with E-state index >= 15 is 0 Å². The molecule has 1 aromatic heterocycles. The zero-order valence-corrected chi connectivity index (χ0v) is 21.7. The Morgan fingerprint density at radius 2 is 1.45 bits per heavy atom. The van der Waals surface area contributed by atoms with E-state index in [1.807, 2.05) is 24.3 Å². The number of carbonyl (C=O) groups is 1. The summed E-state index contributed by atoms with van der Waals surface area (Å²) >= 11 is 0. The molecule has 0 radical (unpaired) electrons. The largest absolute Gasteiger partial charge is 0.481 e. The first kappa shape index (κ1) is 25.9. The van der Waals surface area contributed by atoms with E-state index in [0.717, 1.165) is 80.1 Å². The van der Waals surface area contributed by atoms with Gasteiger partial charge >= 0.3 is 5.97 Å². The zero-order valence-electron chi connectivity index (χ0n) is 21.7. The minimum Gasteiger partial charge on any atom is -0.481 e. The number of nitrogens with zero attached hydrogens (tertiary/aromatic N) is 4. The van der Waals surface area contributed by atoms with Gasteiger partial charge in [-0.3, -0.25) is 4.79 Å². The lowest BCUT2D eigenvalue weighted by Crippen LogP contribution is -2.38. The Hall–Kier alpha value is -3.71. The van der Waals surface area contributed by atoms with Gasteiger partial charge in [0.15, 0.2) is 0 Å². The van der Waals surface area contributed by atoms with Crippen molar-refractivity contribution in [2.24, 2.45) is 0 Å². The van der Waals surface area contributed by atoms with Gasteiger partial charge in [-0.05, 0) is 79.7 Å². The predicted octanol–water partition coefficient (Wildman–Crippen LogP) is 5.39. The van der Waals surface area contributed by atoms with Gasteiger partial charge in [0.1, 0.15) is 5.82 Å². The van der Waals surface area contributed by atoms with E-state index in [9.17, 15) is 9.18 Å². The molecule has 0 saturated carbocycles. The van der Waals surface area contributed by atoms with E-state index in [1.165, 1.54) is 17.7 Å². The van der Waals surface area contributed by atoms with Gasteiger partial charge in [0.25, 0.3) is 0 Å². The van der Waals surface area contributed by atoms with Gasteiger partial charge in [-0.15, -0.1) is 0 Å². The number of hydrogen-bond acceptors (Lipinski definition) is 4. The summed E-state index contributed by atoms with van der Waals surface area (Å²) in [5, 5.41) is 8.87. The lowest BCUT2D eigenvalue weighted by atomic mass is 10.1. The van der Waals surface area contributed by atoms with Crippen molar-refractivity contribution >= 4 is 23.0 Å². The standard InChI is InChI=1S/C31H35FN4O2/c32-27-14-11-26(12-15-27)23-36-29-6-2-1-5-28(29)33-31(36)35-20-3-18-34(19-4-21-35)22-17-25-9-7-24(8-10-25)13-16-30(37)38/h1-2,5-12,14-15H,3-4,13,16-23H2,(H,37,38). The Bertz CT molecular complexity index is 1340. The van der Waals surface area contributed by atoms with Crippen molar-refractivity contribution in [1.29, 1.82) is 0 Å². The molecule has 1 aliphatic rings. The molecule has 3 aromatic carbocycles. The van der Waals surface area contributed by atoms with Gasteiger partial charge in [-0.1, -0.05) is 48.5 Å². The minimum absolute atomic E-state index is 0.173. The highest BCUT2D eigenvalue weighted by molar-refractivity contribution is 5.79. The number of anilines is 1. The Labute approximate surface area is 223 Å². The van der Waals surface area contributed by atoms with Crippen LogP contribution in [-0.4, -0.2) is 58.3 Å². The molecule has 1 N–H and O–H groups in total. The molecule has 1 fully saturated rings. The first-order valence-electron chi connectivity index (χ1n) is 13.5. The Morgan fingerprint density at radius 1 is 0.816 bits per heavy atom. The summed E-state index contributed by atoms with van der Waals surface area (Å²) in [6.07, 6.45) is 3.88. The fourth-order valence-corrected chi connectivity index (χ4v) is 5.26. The summed E-state index contributed by atoms with van der Waals surface area (Å²) in [6, 6.07) is 23.4. The smallest absolute Gasteiger partial charge is 0.303 e. The summed E-state index contributed by atoms with van der Waals surface area (Å²) in [4.78, 5) is 20.8. The number of aryl methyl sites for hydroxylation is 1. The van der Waals surface area contributed by atoms with Crippen LogP contribution in [0.15, 0.2) is 72.8 Å². The van der Waals surface area contributed by atoms with Crippen molar-refractivity contribution in [3.8, 4) is 0 Å². The van der Waals surface area contributed by atoms with Crippen LogP contribution in [0.25, 0.3) is 11.0 Å². The van der Waals surface area contributed by atoms with Crippen LogP contribution in [0.1, 0.15) is 36.0 Å². The first-order chi connectivity index (χ1) is 18.5. The summed E-state index contributed by atoms with van der Waals surface area (Å²) in [5.41, 5.74) is 5.52. The molecule has 198 valence electrons. The fraction of sp³-hybridized carbons (Fsp3) is 0.355. The number of carboxylic acids is 1. The second kappa shape index (κ2) is 12.2. The molecule has 6 nitrogen and oxygen atoms in total. The Morgan fingerprint density at radius 3 is 2.13 bits per heavy atom. The second-order valence-corrected chi connectivity index (χ2v) is 10.1. The number of aromatic nitrogens is 2. The Kier molecular flexibility index (Phi) is 8.34. The molecule has 0 atom stereocenters. The second-order valence-electron chi connectivity index (χ2n) is 10.1. The quantitative estimate of drug-likeness (QED) is 0.325. The van der Waals surface area contributed by atoms with Crippen molar-refractivity contribution in [3.63, 3.8) is 0 Å². The van der Waals surface area contributed by atoms with Crippen molar-refractivity contribution in [2.75, 3.05) is 37.6 Å². The summed E-state index contributed by atoms with van der Waals surface area (Å²) < 4.78 is 15.7. The number of rotatable bonds is 9. The number of aliphatic carboxylic acids is 1. The van der Waals surface area contributed by atoms with E-state index in [0.29, 0.717) is 13.0 Å². The van der Waals surface area contributed by atoms with E-state index in [4.69, 9.17) is 10.1 Å². The van der Waals surface area contributed by atoms with Crippen LogP contribution >= 0.6 is 0 Å². The molecule has 7 heteroatoms. The van der Waals surface area contributed by atoms with Crippen LogP contribution in [0.5, 0.6) is 0 Å². The number of benzene rings is 3. The zero-order chi connectivity index (χ0) is 26.3. The van der Waals surface area contributed by atoms with Crippen molar-refractivity contribution in [1.82, 2.24) is 14.5 Å². The predicted molar refractivity (Wildman–Crippen MR) is 149 cm³/mol. The van der Waals surface area contributed by atoms with E-state index in [-0.39, 0.29) is 12.2 Å². The van der Waals surface area contributed by atoms with Crippen LogP contribution < -0.4 is 4.90 Å². The van der Waals surface area contributed by atoms with Gasteiger partial charge in [0.05, 0.1) is 17.6 Å². The number of halogens is 1. The van der Waals surface area contributed by atoms with Gasteiger partial charge in [0.2, 0.25) is 5.95 Å². The molecule has 4 aromatic rings. The average Bonchev–Trinajstić information content (AvgIpc) is 3.27. The molecule has 0 spiro atoms. The van der Waals surface area contributed by atoms with Crippen molar-refractivity contribution < 1.29 is 14.3 Å².